The first-order valence-corrected chi connectivity index (χ1v) is 13.2. The van der Waals surface area contributed by atoms with Crippen LogP contribution in [0.1, 0.15) is 25.0 Å². The summed E-state index contributed by atoms with van der Waals surface area (Å²) >= 11 is 0. The van der Waals surface area contributed by atoms with E-state index >= 15 is 0 Å². The van der Waals surface area contributed by atoms with E-state index in [1.165, 1.54) is 25.2 Å². The lowest BCUT2D eigenvalue weighted by atomic mass is 10.1. The molecule has 3 aromatic rings. The third-order valence-electron chi connectivity index (χ3n) is 8.42. The zero-order valence-electron chi connectivity index (χ0n) is 20.8. The zero-order chi connectivity index (χ0) is 24.9. The smallest absolute Gasteiger partial charge is 0.169 e. The molecule has 5 heterocycles. The van der Waals surface area contributed by atoms with Crippen LogP contribution < -0.4 is 15.5 Å². The Bertz CT molecular complexity index is 1370. The van der Waals surface area contributed by atoms with Crippen molar-refractivity contribution in [1.29, 1.82) is 0 Å². The van der Waals surface area contributed by atoms with E-state index in [1.807, 2.05) is 24.4 Å². The summed E-state index contributed by atoms with van der Waals surface area (Å²) in [4.78, 5) is 11.9. The van der Waals surface area contributed by atoms with Gasteiger partial charge in [-0.2, -0.15) is 0 Å². The van der Waals surface area contributed by atoms with E-state index in [1.54, 1.807) is 12.1 Å². The van der Waals surface area contributed by atoms with Gasteiger partial charge in [0.2, 0.25) is 0 Å². The van der Waals surface area contributed by atoms with Crippen LogP contribution in [0, 0.1) is 23.7 Å². The van der Waals surface area contributed by atoms with Crippen molar-refractivity contribution in [2.24, 2.45) is 11.8 Å². The van der Waals surface area contributed by atoms with Gasteiger partial charge in [-0.3, -0.25) is 4.90 Å². The number of nitrogens with zero attached hydrogens (tertiary/aromatic N) is 6. The second-order valence-corrected chi connectivity index (χ2v) is 10.9. The fourth-order valence-corrected chi connectivity index (χ4v) is 6.50. The average molecular weight is 494 g/mol. The van der Waals surface area contributed by atoms with Gasteiger partial charge in [0, 0.05) is 55.7 Å². The van der Waals surface area contributed by atoms with Crippen LogP contribution in [0.2, 0.25) is 0 Å². The largest absolute Gasteiger partial charge is 0.507 e. The molecule has 0 radical (unpaired) electrons. The number of phenols is 1. The summed E-state index contributed by atoms with van der Waals surface area (Å²) in [5.74, 6) is 9.14. The lowest BCUT2D eigenvalue weighted by molar-refractivity contribution is 0.343. The van der Waals surface area contributed by atoms with E-state index in [-0.39, 0.29) is 5.75 Å². The Hall–Kier alpha value is -3.83. The second kappa shape index (κ2) is 8.93. The van der Waals surface area contributed by atoms with Gasteiger partial charge < -0.3 is 20.6 Å². The van der Waals surface area contributed by atoms with Crippen LogP contribution in [0.4, 0.5) is 17.2 Å². The number of pyridine rings is 1. The summed E-state index contributed by atoms with van der Waals surface area (Å²) in [6.45, 7) is 4.98. The number of nitrogens with two attached hydrogens (primary N) is 1. The van der Waals surface area contributed by atoms with Crippen molar-refractivity contribution in [3.8, 4) is 28.8 Å². The summed E-state index contributed by atoms with van der Waals surface area (Å²) in [6.07, 6.45) is 5.57. The highest BCUT2D eigenvalue weighted by Crippen LogP contribution is 2.44. The molecule has 1 aromatic carbocycles. The van der Waals surface area contributed by atoms with Gasteiger partial charge in [-0.05, 0) is 67.4 Å². The Morgan fingerprint density at radius 3 is 2.54 bits per heavy atom. The van der Waals surface area contributed by atoms with Gasteiger partial charge in [-0.15, -0.1) is 10.2 Å². The SMILES string of the molecule is Nc1nnc(-c2ccccc2O)cc1N1CC2CCC(C1)N2c1ccnc(C#CCN2CC3CC3C2)c1. The number of fused-ring (bicyclic) bond motifs is 3. The summed E-state index contributed by atoms with van der Waals surface area (Å²) in [7, 11) is 0. The number of hydrogen-bond donors (Lipinski definition) is 2. The number of hydrogen-bond acceptors (Lipinski definition) is 8. The van der Waals surface area contributed by atoms with Crippen LogP contribution >= 0.6 is 0 Å². The first-order chi connectivity index (χ1) is 18.1. The number of anilines is 3. The molecule has 37 heavy (non-hydrogen) atoms. The molecule has 3 aliphatic heterocycles. The Labute approximate surface area is 217 Å². The molecule has 4 atom stereocenters. The highest BCUT2D eigenvalue weighted by atomic mass is 16.3. The molecular formula is C29H31N7O. The van der Waals surface area contributed by atoms with Crippen LogP contribution in [-0.4, -0.2) is 70.0 Å². The Morgan fingerprint density at radius 1 is 0.973 bits per heavy atom. The topological polar surface area (TPSA) is 94.6 Å². The molecule has 0 amide bonds. The van der Waals surface area contributed by atoms with Crippen LogP contribution in [0.5, 0.6) is 5.75 Å². The summed E-state index contributed by atoms with van der Waals surface area (Å²) < 4.78 is 0. The lowest BCUT2D eigenvalue weighted by Gasteiger charge is -2.43. The number of aromatic nitrogens is 3. The number of nitrogen functional groups attached to an aromatic ring is 1. The van der Waals surface area contributed by atoms with Gasteiger partial charge in [0.15, 0.2) is 5.82 Å². The molecule has 7 rings (SSSR count). The molecule has 2 aromatic heterocycles. The molecule has 4 fully saturated rings. The maximum Gasteiger partial charge on any atom is 0.169 e. The molecule has 2 bridgehead atoms. The number of piperidine rings is 1. The third-order valence-corrected chi connectivity index (χ3v) is 8.42. The van der Waals surface area contributed by atoms with Gasteiger partial charge in [-0.25, -0.2) is 4.98 Å². The fraction of sp³-hybridized carbons (Fsp3) is 0.414. The lowest BCUT2D eigenvalue weighted by Crippen LogP contribution is -2.54. The maximum absolute atomic E-state index is 10.3. The molecule has 8 heteroatoms. The average Bonchev–Trinajstić information content (AvgIpc) is 3.43. The molecule has 188 valence electrons. The van der Waals surface area contributed by atoms with Gasteiger partial charge in [-0.1, -0.05) is 18.1 Å². The normalized spacial score (nSPS) is 26.1. The van der Waals surface area contributed by atoms with E-state index in [2.05, 4.69) is 53.9 Å². The monoisotopic (exact) mass is 493 g/mol. The molecule has 1 saturated carbocycles. The molecular weight excluding hydrogens is 462 g/mol. The van der Waals surface area contributed by atoms with Crippen molar-refractivity contribution in [3.05, 3.63) is 54.4 Å². The van der Waals surface area contributed by atoms with Gasteiger partial charge >= 0.3 is 0 Å². The van der Waals surface area contributed by atoms with E-state index in [0.29, 0.717) is 29.2 Å². The summed E-state index contributed by atoms with van der Waals surface area (Å²) in [5, 5.41) is 18.8. The van der Waals surface area contributed by atoms with Gasteiger partial charge in [0.1, 0.15) is 11.4 Å². The van der Waals surface area contributed by atoms with Crippen molar-refractivity contribution in [1.82, 2.24) is 20.1 Å². The number of piperazine rings is 1. The Morgan fingerprint density at radius 2 is 1.76 bits per heavy atom. The van der Waals surface area contributed by atoms with Gasteiger partial charge in [0.25, 0.3) is 0 Å². The third kappa shape index (κ3) is 4.23. The summed E-state index contributed by atoms with van der Waals surface area (Å²) in [6, 6.07) is 14.1. The van der Waals surface area contributed by atoms with Gasteiger partial charge in [0.05, 0.1) is 17.9 Å². The van der Waals surface area contributed by atoms with E-state index in [4.69, 9.17) is 5.73 Å². The minimum absolute atomic E-state index is 0.186. The number of aromatic hydroxyl groups is 1. The second-order valence-electron chi connectivity index (χ2n) is 10.9. The Kier molecular flexibility index (Phi) is 5.40. The predicted octanol–water partition coefficient (Wildman–Crippen LogP) is 2.99. The van der Waals surface area contributed by atoms with Crippen LogP contribution in [0.15, 0.2) is 48.7 Å². The standard InChI is InChI=1S/C29H31N7O/c30-29-27(14-26(32-33-29)25-5-1-2-6-28(25)37)35-17-23-7-8-24(18-35)36(23)22-9-10-31-21(13-22)4-3-11-34-15-19-12-20(19)16-34/h1-2,5-6,9-10,13-14,19-20,23-24,37H,7-8,11-12,15-18H2,(H2,30,33). The molecule has 3 N–H and O–H groups in total. The van der Waals surface area contributed by atoms with E-state index in [0.717, 1.165) is 55.7 Å². The van der Waals surface area contributed by atoms with Crippen molar-refractivity contribution >= 4 is 17.2 Å². The number of benzene rings is 1. The molecule has 1 aliphatic carbocycles. The number of phenolic OH excluding ortho intramolecular Hbond substituents is 1. The zero-order valence-corrected chi connectivity index (χ0v) is 20.8. The molecule has 4 unspecified atom stereocenters. The van der Waals surface area contributed by atoms with Crippen molar-refractivity contribution in [2.75, 3.05) is 48.3 Å². The minimum Gasteiger partial charge on any atom is -0.507 e. The van der Waals surface area contributed by atoms with Crippen LogP contribution in [-0.2, 0) is 0 Å². The molecule has 3 saturated heterocycles. The molecule has 0 spiro atoms. The maximum atomic E-state index is 10.3. The molecule has 8 nitrogen and oxygen atoms in total. The highest BCUT2D eigenvalue weighted by Gasteiger charge is 2.44. The highest BCUT2D eigenvalue weighted by molar-refractivity contribution is 5.74. The van der Waals surface area contributed by atoms with E-state index in [9.17, 15) is 5.11 Å². The summed E-state index contributed by atoms with van der Waals surface area (Å²) in [5.41, 5.74) is 10.5. The number of rotatable bonds is 4. The number of para-hydroxylation sites is 1. The Balaban J connectivity index is 1.08. The van der Waals surface area contributed by atoms with Crippen LogP contribution in [0.25, 0.3) is 11.3 Å². The van der Waals surface area contributed by atoms with Crippen molar-refractivity contribution < 1.29 is 5.11 Å². The van der Waals surface area contributed by atoms with Crippen LogP contribution in [0.3, 0.4) is 0 Å². The number of likely N-dealkylation sites (tertiary alicyclic amines) is 1. The first-order valence-electron chi connectivity index (χ1n) is 13.2. The predicted molar refractivity (Wildman–Crippen MR) is 144 cm³/mol. The fourth-order valence-electron chi connectivity index (χ4n) is 6.50. The van der Waals surface area contributed by atoms with E-state index < -0.39 is 0 Å². The quantitative estimate of drug-likeness (QED) is 0.536. The van der Waals surface area contributed by atoms with Crippen molar-refractivity contribution in [2.45, 2.75) is 31.3 Å². The molecule has 4 aliphatic rings. The minimum atomic E-state index is 0.186. The van der Waals surface area contributed by atoms with Crippen molar-refractivity contribution in [3.63, 3.8) is 0 Å². The first kappa shape index (κ1) is 22.4.